The van der Waals surface area contributed by atoms with Gasteiger partial charge in [-0.25, -0.2) is 4.79 Å². The lowest BCUT2D eigenvalue weighted by Gasteiger charge is -2.12. The molecule has 0 unspecified atom stereocenters. The summed E-state index contributed by atoms with van der Waals surface area (Å²) in [6.07, 6.45) is 0. The van der Waals surface area contributed by atoms with Gasteiger partial charge in [-0.3, -0.25) is 0 Å². The first-order valence-electron chi connectivity index (χ1n) is 4.73. The summed E-state index contributed by atoms with van der Waals surface area (Å²) in [5.41, 5.74) is 1.17. The van der Waals surface area contributed by atoms with Crippen molar-refractivity contribution < 1.29 is 14.3 Å². The molecular formula is C11H12BrClO3. The van der Waals surface area contributed by atoms with Gasteiger partial charge in [0.05, 0.1) is 13.7 Å². The summed E-state index contributed by atoms with van der Waals surface area (Å²) in [7, 11) is 1.49. The SMILES string of the molecule is CCOC(=O)c1c(CBr)cc(Cl)cc1OC. The van der Waals surface area contributed by atoms with Gasteiger partial charge in [0.2, 0.25) is 0 Å². The highest BCUT2D eigenvalue weighted by Gasteiger charge is 2.18. The molecule has 0 heterocycles. The second kappa shape index (κ2) is 6.11. The smallest absolute Gasteiger partial charge is 0.342 e. The maximum Gasteiger partial charge on any atom is 0.342 e. The fourth-order valence-corrected chi connectivity index (χ4v) is 2.01. The number of alkyl halides is 1. The van der Waals surface area contributed by atoms with Gasteiger partial charge in [-0.05, 0) is 24.6 Å². The van der Waals surface area contributed by atoms with Crippen molar-refractivity contribution in [1.29, 1.82) is 0 Å². The van der Waals surface area contributed by atoms with E-state index in [0.717, 1.165) is 5.56 Å². The van der Waals surface area contributed by atoms with Crippen LogP contribution in [0, 0.1) is 0 Å². The maximum absolute atomic E-state index is 11.7. The largest absolute Gasteiger partial charge is 0.496 e. The summed E-state index contributed by atoms with van der Waals surface area (Å²) in [6.45, 7) is 2.08. The van der Waals surface area contributed by atoms with Crippen molar-refractivity contribution in [2.24, 2.45) is 0 Å². The van der Waals surface area contributed by atoms with E-state index in [1.807, 2.05) is 0 Å². The standard InChI is InChI=1S/C11H12BrClO3/c1-3-16-11(14)10-7(6-12)4-8(13)5-9(10)15-2/h4-5H,3,6H2,1-2H3. The van der Waals surface area contributed by atoms with Crippen LogP contribution in [0.15, 0.2) is 12.1 Å². The van der Waals surface area contributed by atoms with Gasteiger partial charge < -0.3 is 9.47 Å². The number of rotatable bonds is 4. The third kappa shape index (κ3) is 2.89. The van der Waals surface area contributed by atoms with E-state index in [1.54, 1.807) is 19.1 Å². The minimum absolute atomic E-state index is 0.326. The average molecular weight is 308 g/mol. The fourth-order valence-electron chi connectivity index (χ4n) is 1.34. The first-order chi connectivity index (χ1) is 7.63. The zero-order valence-electron chi connectivity index (χ0n) is 9.05. The van der Waals surface area contributed by atoms with Gasteiger partial charge >= 0.3 is 5.97 Å². The van der Waals surface area contributed by atoms with Gasteiger partial charge in [-0.15, -0.1) is 0 Å². The number of benzene rings is 1. The number of methoxy groups -OCH3 is 1. The first kappa shape index (κ1) is 13.3. The van der Waals surface area contributed by atoms with E-state index >= 15 is 0 Å². The Balaban J connectivity index is 3.27. The van der Waals surface area contributed by atoms with E-state index in [0.29, 0.717) is 28.3 Å². The van der Waals surface area contributed by atoms with Crippen molar-refractivity contribution in [3.63, 3.8) is 0 Å². The molecule has 0 spiro atoms. The van der Waals surface area contributed by atoms with Crippen LogP contribution >= 0.6 is 27.5 Å². The van der Waals surface area contributed by atoms with E-state index < -0.39 is 5.97 Å². The number of carbonyl (C=O) groups is 1. The van der Waals surface area contributed by atoms with Crippen LogP contribution in [0.25, 0.3) is 0 Å². The van der Waals surface area contributed by atoms with Crippen LogP contribution in [0.5, 0.6) is 5.75 Å². The van der Waals surface area contributed by atoms with Crippen molar-refractivity contribution in [1.82, 2.24) is 0 Å². The summed E-state index contributed by atoms with van der Waals surface area (Å²) < 4.78 is 10.1. The van der Waals surface area contributed by atoms with E-state index in [9.17, 15) is 4.79 Å². The van der Waals surface area contributed by atoms with Crippen LogP contribution in [0.4, 0.5) is 0 Å². The van der Waals surface area contributed by atoms with E-state index in [1.165, 1.54) is 7.11 Å². The van der Waals surface area contributed by atoms with Crippen molar-refractivity contribution >= 4 is 33.5 Å². The highest BCUT2D eigenvalue weighted by molar-refractivity contribution is 9.08. The molecule has 0 saturated heterocycles. The number of halogens is 2. The van der Waals surface area contributed by atoms with Gasteiger partial charge in [0.25, 0.3) is 0 Å². The molecule has 0 aliphatic heterocycles. The molecule has 16 heavy (non-hydrogen) atoms. The second-order valence-corrected chi connectivity index (χ2v) is 3.99. The second-order valence-electron chi connectivity index (χ2n) is 3.00. The molecule has 3 nitrogen and oxygen atoms in total. The predicted molar refractivity (Wildman–Crippen MR) is 66.6 cm³/mol. The van der Waals surface area contributed by atoms with Crippen molar-refractivity contribution in [3.8, 4) is 5.75 Å². The Kier molecular flexibility index (Phi) is 5.09. The molecular weight excluding hydrogens is 295 g/mol. The fraction of sp³-hybridized carbons (Fsp3) is 0.364. The molecule has 0 fully saturated rings. The van der Waals surface area contributed by atoms with Gasteiger partial charge in [0, 0.05) is 10.4 Å². The Labute approximate surface area is 108 Å². The molecule has 0 aliphatic rings. The highest BCUT2D eigenvalue weighted by Crippen LogP contribution is 2.29. The third-order valence-electron chi connectivity index (χ3n) is 1.99. The molecule has 0 amide bonds. The van der Waals surface area contributed by atoms with Crippen LogP contribution in [-0.2, 0) is 10.1 Å². The lowest BCUT2D eigenvalue weighted by molar-refractivity contribution is 0.0522. The number of carbonyl (C=O) groups excluding carboxylic acids is 1. The number of esters is 1. The zero-order chi connectivity index (χ0) is 12.1. The third-order valence-corrected chi connectivity index (χ3v) is 2.81. The summed E-state index contributed by atoms with van der Waals surface area (Å²) in [5.74, 6) is 0.0332. The highest BCUT2D eigenvalue weighted by atomic mass is 79.9. The zero-order valence-corrected chi connectivity index (χ0v) is 11.4. The Hall–Kier alpha value is -0.740. The van der Waals surface area contributed by atoms with Gasteiger partial charge in [-0.1, -0.05) is 27.5 Å². The topological polar surface area (TPSA) is 35.5 Å². The monoisotopic (exact) mass is 306 g/mol. The van der Waals surface area contributed by atoms with Crippen molar-refractivity contribution in [3.05, 3.63) is 28.3 Å². The van der Waals surface area contributed by atoms with Crippen molar-refractivity contribution in [2.45, 2.75) is 12.3 Å². The van der Waals surface area contributed by atoms with Gasteiger partial charge in [0.1, 0.15) is 11.3 Å². The Morgan fingerprint density at radius 2 is 2.19 bits per heavy atom. The number of hydrogen-bond donors (Lipinski definition) is 0. The van der Waals surface area contributed by atoms with Crippen LogP contribution in [0.2, 0.25) is 5.02 Å². The lowest BCUT2D eigenvalue weighted by Crippen LogP contribution is -2.09. The van der Waals surface area contributed by atoms with E-state index in [-0.39, 0.29) is 0 Å². The molecule has 0 atom stereocenters. The van der Waals surface area contributed by atoms with Crippen LogP contribution in [0.1, 0.15) is 22.8 Å². The van der Waals surface area contributed by atoms with E-state index in [4.69, 9.17) is 21.1 Å². The molecule has 0 N–H and O–H groups in total. The molecule has 0 aliphatic carbocycles. The molecule has 1 aromatic carbocycles. The first-order valence-corrected chi connectivity index (χ1v) is 6.23. The summed E-state index contributed by atoms with van der Waals surface area (Å²) >= 11 is 9.21. The molecule has 0 saturated carbocycles. The molecule has 0 aromatic heterocycles. The van der Waals surface area contributed by atoms with Gasteiger partial charge in [0.15, 0.2) is 0 Å². The normalized spacial score (nSPS) is 10.0. The molecule has 1 rings (SSSR count). The van der Waals surface area contributed by atoms with Crippen LogP contribution < -0.4 is 4.74 Å². The molecule has 0 radical (unpaired) electrons. The minimum Gasteiger partial charge on any atom is -0.496 e. The van der Waals surface area contributed by atoms with Crippen LogP contribution in [0.3, 0.4) is 0 Å². The maximum atomic E-state index is 11.7. The number of hydrogen-bond acceptors (Lipinski definition) is 3. The van der Waals surface area contributed by atoms with Crippen molar-refractivity contribution in [2.75, 3.05) is 13.7 Å². The Morgan fingerprint density at radius 1 is 1.50 bits per heavy atom. The molecule has 88 valence electrons. The van der Waals surface area contributed by atoms with E-state index in [2.05, 4.69) is 15.9 Å². The summed E-state index contributed by atoms with van der Waals surface area (Å²) in [4.78, 5) is 11.7. The molecule has 1 aromatic rings. The Bertz CT molecular complexity index is 368. The predicted octanol–water partition coefficient (Wildman–Crippen LogP) is 3.42. The number of ether oxygens (including phenoxy) is 2. The minimum atomic E-state index is -0.398. The Morgan fingerprint density at radius 3 is 2.69 bits per heavy atom. The average Bonchev–Trinajstić information content (AvgIpc) is 2.27. The quantitative estimate of drug-likeness (QED) is 0.631. The van der Waals surface area contributed by atoms with Gasteiger partial charge in [-0.2, -0.15) is 0 Å². The molecule has 0 bridgehead atoms. The summed E-state index contributed by atoms with van der Waals surface area (Å²) in [5, 5.41) is 1.04. The lowest BCUT2D eigenvalue weighted by atomic mass is 10.1. The molecule has 5 heteroatoms. The van der Waals surface area contributed by atoms with Crippen LogP contribution in [-0.4, -0.2) is 19.7 Å². The summed E-state index contributed by atoms with van der Waals surface area (Å²) in [6, 6.07) is 3.31.